The molecule has 0 atom stereocenters. The number of hydrogen-bond acceptors (Lipinski definition) is 1. The lowest BCUT2D eigenvalue weighted by atomic mass is 10.1. The van der Waals surface area contributed by atoms with Crippen LogP contribution < -0.4 is 5.73 Å². The van der Waals surface area contributed by atoms with E-state index in [9.17, 15) is 13.2 Å². The molecule has 0 fully saturated rings. The zero-order valence-corrected chi connectivity index (χ0v) is 8.20. The molecule has 0 radical (unpaired) electrons. The quantitative estimate of drug-likeness (QED) is 0.744. The highest BCUT2D eigenvalue weighted by atomic mass is 19.4. The van der Waals surface area contributed by atoms with Gasteiger partial charge in [0, 0.05) is 12.4 Å². The van der Waals surface area contributed by atoms with Crippen LogP contribution in [-0.4, -0.2) is 4.57 Å². The molecule has 2 nitrogen and oxygen atoms in total. The van der Waals surface area contributed by atoms with E-state index in [1.165, 1.54) is 6.07 Å². The van der Waals surface area contributed by atoms with Crippen LogP contribution in [0.15, 0.2) is 42.7 Å². The Morgan fingerprint density at radius 1 is 1.06 bits per heavy atom. The number of alkyl halides is 3. The molecule has 5 heteroatoms. The Kier molecular flexibility index (Phi) is 2.38. The van der Waals surface area contributed by atoms with E-state index < -0.39 is 11.7 Å². The van der Waals surface area contributed by atoms with Gasteiger partial charge >= 0.3 is 6.18 Å². The second-order valence-corrected chi connectivity index (χ2v) is 3.36. The van der Waals surface area contributed by atoms with Gasteiger partial charge < -0.3 is 10.3 Å². The number of aromatic nitrogens is 1. The number of nitrogen functional groups attached to an aromatic ring is 1. The summed E-state index contributed by atoms with van der Waals surface area (Å²) in [5, 5.41) is 0. The van der Waals surface area contributed by atoms with Crippen LogP contribution in [0.1, 0.15) is 5.56 Å². The zero-order chi connectivity index (χ0) is 11.8. The van der Waals surface area contributed by atoms with Crippen LogP contribution in [0.5, 0.6) is 0 Å². The summed E-state index contributed by atoms with van der Waals surface area (Å²) in [4.78, 5) is 0. The number of hydrogen-bond donors (Lipinski definition) is 1. The van der Waals surface area contributed by atoms with E-state index >= 15 is 0 Å². The van der Waals surface area contributed by atoms with E-state index in [2.05, 4.69) is 0 Å². The maximum Gasteiger partial charge on any atom is 0.416 e. The first kappa shape index (κ1) is 10.6. The van der Waals surface area contributed by atoms with Crippen molar-refractivity contribution in [1.82, 2.24) is 4.57 Å². The van der Waals surface area contributed by atoms with E-state index in [4.69, 9.17) is 5.73 Å². The first-order valence-corrected chi connectivity index (χ1v) is 4.58. The normalized spacial score (nSPS) is 11.7. The van der Waals surface area contributed by atoms with Crippen LogP contribution in [0.25, 0.3) is 5.69 Å². The van der Waals surface area contributed by atoms with Gasteiger partial charge in [0.25, 0.3) is 0 Å². The highest BCUT2D eigenvalue weighted by Crippen LogP contribution is 2.32. The standard InChI is InChI=1S/C11H9F3N2/c12-11(13,14)8-3-4-9(15)10(7-8)16-5-1-2-6-16/h1-7H,15H2. The monoisotopic (exact) mass is 226 g/mol. The van der Waals surface area contributed by atoms with Crippen molar-refractivity contribution in [2.75, 3.05) is 5.73 Å². The van der Waals surface area contributed by atoms with Gasteiger partial charge in [-0.25, -0.2) is 0 Å². The molecule has 0 unspecified atom stereocenters. The van der Waals surface area contributed by atoms with Gasteiger partial charge in [-0.15, -0.1) is 0 Å². The average molecular weight is 226 g/mol. The predicted molar refractivity (Wildman–Crippen MR) is 55.2 cm³/mol. The molecular weight excluding hydrogens is 217 g/mol. The number of benzene rings is 1. The topological polar surface area (TPSA) is 30.9 Å². The van der Waals surface area contributed by atoms with Gasteiger partial charge in [0.2, 0.25) is 0 Å². The summed E-state index contributed by atoms with van der Waals surface area (Å²) in [6.07, 6.45) is -1.06. The molecule has 0 amide bonds. The third-order valence-corrected chi connectivity index (χ3v) is 2.24. The summed E-state index contributed by atoms with van der Waals surface area (Å²) in [5.41, 5.74) is 5.58. The number of nitrogens with zero attached hydrogens (tertiary/aromatic N) is 1. The van der Waals surface area contributed by atoms with Crippen molar-refractivity contribution < 1.29 is 13.2 Å². The molecule has 1 heterocycles. The van der Waals surface area contributed by atoms with Crippen LogP contribution in [0.2, 0.25) is 0 Å². The minimum Gasteiger partial charge on any atom is -0.397 e. The van der Waals surface area contributed by atoms with Gasteiger partial charge in [-0.3, -0.25) is 0 Å². The third-order valence-electron chi connectivity index (χ3n) is 2.24. The average Bonchev–Trinajstić information content (AvgIpc) is 2.69. The molecule has 16 heavy (non-hydrogen) atoms. The first-order chi connectivity index (χ1) is 7.48. The molecule has 0 bridgehead atoms. The molecule has 0 spiro atoms. The predicted octanol–water partition coefficient (Wildman–Crippen LogP) is 3.08. The Labute approximate surface area is 90.1 Å². The fraction of sp³-hybridized carbons (Fsp3) is 0.0909. The lowest BCUT2D eigenvalue weighted by Gasteiger charge is -2.11. The molecule has 1 aromatic carbocycles. The Hall–Kier alpha value is -1.91. The van der Waals surface area contributed by atoms with E-state index in [0.29, 0.717) is 11.4 Å². The summed E-state index contributed by atoms with van der Waals surface area (Å²) >= 11 is 0. The summed E-state index contributed by atoms with van der Waals surface area (Å²) < 4.78 is 39.0. The van der Waals surface area contributed by atoms with E-state index in [1.54, 1.807) is 29.1 Å². The number of halogens is 3. The second kappa shape index (κ2) is 3.59. The SMILES string of the molecule is Nc1ccc(C(F)(F)F)cc1-n1cccc1. The van der Waals surface area contributed by atoms with Gasteiger partial charge in [0.05, 0.1) is 16.9 Å². The van der Waals surface area contributed by atoms with Crippen LogP contribution in [-0.2, 0) is 6.18 Å². The van der Waals surface area contributed by atoms with Gasteiger partial charge in [-0.05, 0) is 30.3 Å². The van der Waals surface area contributed by atoms with Crippen LogP contribution in [0.4, 0.5) is 18.9 Å². The lowest BCUT2D eigenvalue weighted by Crippen LogP contribution is -2.07. The van der Waals surface area contributed by atoms with Crippen LogP contribution >= 0.6 is 0 Å². The molecule has 1 aromatic heterocycles. The van der Waals surface area contributed by atoms with Crippen molar-refractivity contribution in [3.63, 3.8) is 0 Å². The largest absolute Gasteiger partial charge is 0.416 e. The number of anilines is 1. The Balaban J connectivity index is 2.54. The molecule has 0 aliphatic rings. The fourth-order valence-electron chi connectivity index (χ4n) is 1.44. The summed E-state index contributed by atoms with van der Waals surface area (Å²) in [6.45, 7) is 0. The van der Waals surface area contributed by atoms with Crippen molar-refractivity contribution >= 4 is 5.69 Å². The van der Waals surface area contributed by atoms with Crippen molar-refractivity contribution in [3.8, 4) is 5.69 Å². The molecule has 2 aromatic rings. The Bertz CT molecular complexity index is 486. The van der Waals surface area contributed by atoms with Gasteiger partial charge in [-0.2, -0.15) is 13.2 Å². The summed E-state index contributed by atoms with van der Waals surface area (Å²) in [7, 11) is 0. The van der Waals surface area contributed by atoms with E-state index in [1.807, 2.05) is 0 Å². The molecule has 0 aliphatic carbocycles. The molecule has 84 valence electrons. The highest BCUT2D eigenvalue weighted by molar-refractivity contribution is 5.59. The maximum atomic E-state index is 12.5. The number of nitrogens with two attached hydrogens (primary N) is 1. The molecule has 0 saturated carbocycles. The molecule has 0 saturated heterocycles. The van der Waals surface area contributed by atoms with E-state index in [0.717, 1.165) is 12.1 Å². The van der Waals surface area contributed by atoms with Crippen molar-refractivity contribution in [2.45, 2.75) is 6.18 Å². The Morgan fingerprint density at radius 2 is 1.69 bits per heavy atom. The smallest absolute Gasteiger partial charge is 0.397 e. The second-order valence-electron chi connectivity index (χ2n) is 3.36. The van der Waals surface area contributed by atoms with Gasteiger partial charge in [-0.1, -0.05) is 0 Å². The lowest BCUT2D eigenvalue weighted by molar-refractivity contribution is -0.137. The number of rotatable bonds is 1. The summed E-state index contributed by atoms with van der Waals surface area (Å²) in [5.74, 6) is 0. The molecule has 0 aliphatic heterocycles. The minimum absolute atomic E-state index is 0.309. The van der Waals surface area contributed by atoms with Gasteiger partial charge in [0.15, 0.2) is 0 Å². The maximum absolute atomic E-state index is 12.5. The van der Waals surface area contributed by atoms with Crippen LogP contribution in [0, 0.1) is 0 Å². The minimum atomic E-state index is -4.35. The van der Waals surface area contributed by atoms with E-state index in [-0.39, 0.29) is 0 Å². The highest BCUT2D eigenvalue weighted by Gasteiger charge is 2.30. The van der Waals surface area contributed by atoms with Crippen molar-refractivity contribution in [2.24, 2.45) is 0 Å². The van der Waals surface area contributed by atoms with Crippen LogP contribution in [0.3, 0.4) is 0 Å². The van der Waals surface area contributed by atoms with Crippen molar-refractivity contribution in [3.05, 3.63) is 48.3 Å². The summed E-state index contributed by atoms with van der Waals surface area (Å²) in [6, 6.07) is 6.72. The fourth-order valence-corrected chi connectivity index (χ4v) is 1.44. The molecule has 2 N–H and O–H groups in total. The molecule has 2 rings (SSSR count). The Morgan fingerprint density at radius 3 is 2.25 bits per heavy atom. The molecular formula is C11H9F3N2. The van der Waals surface area contributed by atoms with Gasteiger partial charge in [0.1, 0.15) is 0 Å². The van der Waals surface area contributed by atoms with Crippen molar-refractivity contribution in [1.29, 1.82) is 0 Å². The first-order valence-electron chi connectivity index (χ1n) is 4.58. The third kappa shape index (κ3) is 1.88. The zero-order valence-electron chi connectivity index (χ0n) is 8.20.